The predicted molar refractivity (Wildman–Crippen MR) is 88.1 cm³/mol. The quantitative estimate of drug-likeness (QED) is 0.600. The van der Waals surface area contributed by atoms with Crippen molar-refractivity contribution in [3.05, 3.63) is 37.6 Å². The molecule has 0 spiro atoms. The molecular formula is C13H11N5O7S. The first-order chi connectivity index (χ1) is 12.1. The third kappa shape index (κ3) is 4.21. The van der Waals surface area contributed by atoms with Gasteiger partial charge in [0.2, 0.25) is 23.5 Å². The summed E-state index contributed by atoms with van der Waals surface area (Å²) in [6.45, 7) is 9.62. The Balaban J connectivity index is 2.68. The highest BCUT2D eigenvalue weighted by Gasteiger charge is 2.29. The fraction of sp³-hybridized carbons (Fsp3) is 0. The Morgan fingerprint density at radius 3 is 2.31 bits per heavy atom. The van der Waals surface area contributed by atoms with Gasteiger partial charge in [-0.25, -0.2) is 0 Å². The second-order valence-electron chi connectivity index (χ2n) is 4.41. The first-order valence-electron chi connectivity index (χ1n) is 6.58. The van der Waals surface area contributed by atoms with Crippen molar-refractivity contribution in [2.45, 2.75) is 0 Å². The maximum atomic E-state index is 11.9. The van der Waals surface area contributed by atoms with Gasteiger partial charge in [-0.2, -0.15) is 9.97 Å². The molecule has 0 atom stereocenters. The summed E-state index contributed by atoms with van der Waals surface area (Å²) in [5, 5.41) is 6.50. The highest BCUT2D eigenvalue weighted by molar-refractivity contribution is 7.82. The lowest BCUT2D eigenvalue weighted by Crippen LogP contribution is -2.19. The van der Waals surface area contributed by atoms with E-state index in [1.165, 1.54) is 0 Å². The number of fused-ring (bicyclic) bond motifs is 2. The molecule has 3 amide bonds. The van der Waals surface area contributed by atoms with Crippen molar-refractivity contribution in [1.29, 1.82) is 0 Å². The second-order valence-corrected chi connectivity index (χ2v) is 5.56. The molecule has 1 aromatic heterocycles. The van der Waals surface area contributed by atoms with Gasteiger partial charge in [0.05, 0.1) is 0 Å². The largest absolute Gasteiger partial charge is 0.502 e. The zero-order valence-electron chi connectivity index (χ0n) is 12.9. The van der Waals surface area contributed by atoms with Crippen LogP contribution in [0.3, 0.4) is 0 Å². The van der Waals surface area contributed by atoms with Gasteiger partial charge in [0.15, 0.2) is 5.82 Å². The summed E-state index contributed by atoms with van der Waals surface area (Å²) in [6.07, 6.45) is 1.75. The third-order valence-electron chi connectivity index (χ3n) is 2.60. The molecule has 13 heteroatoms. The van der Waals surface area contributed by atoms with Crippen LogP contribution in [0.1, 0.15) is 0 Å². The van der Waals surface area contributed by atoms with Crippen LogP contribution in [0.4, 0.5) is 17.5 Å². The number of hydrogen-bond donors (Lipinski definition) is 3. The first-order valence-corrected chi connectivity index (χ1v) is 7.91. The molecule has 0 fully saturated rings. The highest BCUT2D eigenvalue weighted by Crippen LogP contribution is 2.33. The average molecular weight is 381 g/mol. The maximum absolute atomic E-state index is 11.9. The van der Waals surface area contributed by atoms with E-state index in [4.69, 9.17) is 0 Å². The standard InChI is InChI=1S/C13H11N5O7S/c1-4-7(19)14-9-10(15-8(20)5-2)16-13-17-11(21)6(3)24-26(22,23)25-12(9)18-13/h4-5H,1-3H2,(H,14,19)(H2,15,16,17,18,20,21). The van der Waals surface area contributed by atoms with Gasteiger partial charge in [-0.05, 0) is 18.7 Å². The van der Waals surface area contributed by atoms with Crippen LogP contribution in [0, 0.1) is 0 Å². The lowest BCUT2D eigenvalue weighted by atomic mass is 10.4. The summed E-state index contributed by atoms with van der Waals surface area (Å²) in [4.78, 5) is 42.4. The van der Waals surface area contributed by atoms with E-state index in [9.17, 15) is 22.8 Å². The topological polar surface area (TPSA) is 166 Å². The Morgan fingerprint density at radius 2 is 1.69 bits per heavy atom. The first kappa shape index (κ1) is 18.6. The number of aromatic nitrogens is 2. The molecule has 2 heterocycles. The molecule has 0 radical (unpaired) electrons. The molecule has 2 rings (SSSR count). The number of nitrogens with one attached hydrogen (secondary N) is 3. The van der Waals surface area contributed by atoms with Gasteiger partial charge in [-0.15, -0.1) is 8.42 Å². The van der Waals surface area contributed by atoms with Crippen molar-refractivity contribution in [2.24, 2.45) is 0 Å². The molecule has 0 unspecified atom stereocenters. The highest BCUT2D eigenvalue weighted by atomic mass is 32.3. The lowest BCUT2D eigenvalue weighted by molar-refractivity contribution is -0.115. The van der Waals surface area contributed by atoms with Crippen molar-refractivity contribution >= 4 is 45.6 Å². The summed E-state index contributed by atoms with van der Waals surface area (Å²) >= 11 is 0. The minimum absolute atomic E-state index is 0.381. The number of rotatable bonds is 4. The second kappa shape index (κ2) is 7.02. The SMILES string of the molecule is C=CC(=O)Nc1nc2nc(c1NC(=O)C=C)OS(=O)(=O)OC(=C)C(=O)N2. The van der Waals surface area contributed by atoms with E-state index in [-0.39, 0.29) is 5.82 Å². The summed E-state index contributed by atoms with van der Waals surface area (Å²) in [5.74, 6) is -5.00. The molecule has 1 aromatic rings. The molecule has 2 bridgehead atoms. The number of hydrogen-bond acceptors (Lipinski definition) is 9. The number of nitrogens with zero attached hydrogens (tertiary/aromatic N) is 2. The molecule has 3 N–H and O–H groups in total. The monoisotopic (exact) mass is 381 g/mol. The molecule has 26 heavy (non-hydrogen) atoms. The molecular weight excluding hydrogens is 370 g/mol. The lowest BCUT2D eigenvalue weighted by Gasteiger charge is -2.13. The van der Waals surface area contributed by atoms with E-state index in [0.29, 0.717) is 0 Å². The van der Waals surface area contributed by atoms with Crippen molar-refractivity contribution < 1.29 is 31.2 Å². The third-order valence-corrected chi connectivity index (χ3v) is 3.37. The molecule has 0 aliphatic carbocycles. The predicted octanol–water partition coefficient (Wildman–Crippen LogP) is -0.168. The Hall–Kier alpha value is -3.74. The van der Waals surface area contributed by atoms with Crippen molar-refractivity contribution in [3.63, 3.8) is 0 Å². The normalized spacial score (nSPS) is 14.9. The van der Waals surface area contributed by atoms with Crippen LogP contribution in [0.5, 0.6) is 5.88 Å². The Kier molecular flexibility index (Phi) is 5.02. The molecule has 0 saturated heterocycles. The molecule has 12 nitrogen and oxygen atoms in total. The Bertz CT molecular complexity index is 954. The van der Waals surface area contributed by atoms with E-state index in [1.807, 2.05) is 0 Å². The molecule has 136 valence electrons. The van der Waals surface area contributed by atoms with Gasteiger partial charge in [0.25, 0.3) is 11.8 Å². The molecule has 1 aliphatic rings. The fourth-order valence-electron chi connectivity index (χ4n) is 1.55. The van der Waals surface area contributed by atoms with Crippen molar-refractivity contribution in [1.82, 2.24) is 9.97 Å². The van der Waals surface area contributed by atoms with Gasteiger partial charge < -0.3 is 19.0 Å². The zero-order chi connectivity index (χ0) is 19.5. The summed E-state index contributed by atoms with van der Waals surface area (Å²) < 4.78 is 32.7. The van der Waals surface area contributed by atoms with E-state index >= 15 is 0 Å². The van der Waals surface area contributed by atoms with Crippen LogP contribution < -0.4 is 20.1 Å². The van der Waals surface area contributed by atoms with Crippen LogP contribution in [-0.2, 0) is 29.0 Å². The number of carbonyl (C=O) groups excluding carboxylic acids is 3. The van der Waals surface area contributed by atoms with Crippen molar-refractivity contribution in [3.8, 4) is 5.88 Å². The minimum Gasteiger partial charge on any atom is -0.347 e. The van der Waals surface area contributed by atoms with Crippen LogP contribution in [0.15, 0.2) is 37.6 Å². The molecule has 1 aliphatic heterocycles. The number of anilines is 3. The van der Waals surface area contributed by atoms with Crippen LogP contribution in [0.2, 0.25) is 0 Å². The summed E-state index contributed by atoms with van der Waals surface area (Å²) in [5.41, 5.74) is -0.428. The van der Waals surface area contributed by atoms with Gasteiger partial charge in [-0.3, -0.25) is 19.7 Å². The van der Waals surface area contributed by atoms with Gasteiger partial charge in [-0.1, -0.05) is 13.2 Å². The minimum atomic E-state index is -4.82. The van der Waals surface area contributed by atoms with Gasteiger partial charge in [0, 0.05) is 0 Å². The van der Waals surface area contributed by atoms with E-state index in [1.54, 1.807) is 0 Å². The summed E-state index contributed by atoms with van der Waals surface area (Å²) in [7, 11) is -4.82. The average Bonchev–Trinajstić information content (AvgIpc) is 2.58. The zero-order valence-corrected chi connectivity index (χ0v) is 13.8. The molecule has 0 saturated carbocycles. The Labute approximate surface area is 146 Å². The molecule has 0 aromatic carbocycles. The summed E-state index contributed by atoms with van der Waals surface area (Å²) in [6, 6.07) is 0. The van der Waals surface area contributed by atoms with E-state index in [0.717, 1.165) is 12.2 Å². The van der Waals surface area contributed by atoms with Gasteiger partial charge in [0.1, 0.15) is 5.69 Å². The number of amides is 3. The van der Waals surface area contributed by atoms with Gasteiger partial charge >= 0.3 is 10.4 Å². The maximum Gasteiger partial charge on any atom is 0.502 e. The number of carbonyl (C=O) groups is 3. The smallest absolute Gasteiger partial charge is 0.347 e. The van der Waals surface area contributed by atoms with E-state index < -0.39 is 51.4 Å². The van der Waals surface area contributed by atoms with Crippen LogP contribution in [0.25, 0.3) is 0 Å². The van der Waals surface area contributed by atoms with Crippen LogP contribution >= 0.6 is 0 Å². The van der Waals surface area contributed by atoms with E-state index in [2.05, 4.69) is 54.0 Å². The van der Waals surface area contributed by atoms with Crippen molar-refractivity contribution in [2.75, 3.05) is 16.0 Å². The Morgan fingerprint density at radius 1 is 1.08 bits per heavy atom. The fourth-order valence-corrected chi connectivity index (χ4v) is 2.22. The van der Waals surface area contributed by atoms with Crippen LogP contribution in [-0.4, -0.2) is 36.1 Å².